The van der Waals surface area contributed by atoms with Gasteiger partial charge in [-0.05, 0) is 43.0 Å². The van der Waals surface area contributed by atoms with Crippen molar-refractivity contribution >= 4 is 34.1 Å². The van der Waals surface area contributed by atoms with Gasteiger partial charge in [-0.3, -0.25) is 0 Å². The maximum absolute atomic E-state index is 13.4. The number of ether oxygens (including phenoxy) is 1. The molecule has 0 spiro atoms. The van der Waals surface area contributed by atoms with Crippen LogP contribution in [0.5, 0.6) is 5.88 Å². The zero-order valence-corrected chi connectivity index (χ0v) is 17.5. The highest BCUT2D eigenvalue weighted by Crippen LogP contribution is 2.32. The Morgan fingerprint density at radius 3 is 2.70 bits per heavy atom. The Morgan fingerprint density at radius 2 is 2.03 bits per heavy atom. The molecular weight excluding hydrogens is 409 g/mol. The second-order valence-electron chi connectivity index (χ2n) is 6.77. The number of carbonyl (C=O) groups is 1. The summed E-state index contributed by atoms with van der Waals surface area (Å²) in [6.07, 6.45) is 2.10. The van der Waals surface area contributed by atoms with Gasteiger partial charge in [-0.1, -0.05) is 29.8 Å². The number of amides is 2. The van der Waals surface area contributed by atoms with Crippen molar-refractivity contribution in [2.24, 2.45) is 0 Å². The predicted octanol–water partition coefficient (Wildman–Crippen LogP) is 5.01. The molecule has 3 aromatic rings. The van der Waals surface area contributed by atoms with Gasteiger partial charge >= 0.3 is 6.03 Å². The van der Waals surface area contributed by atoms with Crippen LogP contribution in [0, 0.1) is 5.82 Å². The van der Waals surface area contributed by atoms with E-state index in [0.29, 0.717) is 24.5 Å². The van der Waals surface area contributed by atoms with Gasteiger partial charge < -0.3 is 20.1 Å². The molecule has 0 fully saturated rings. The van der Waals surface area contributed by atoms with Crippen molar-refractivity contribution in [2.45, 2.75) is 19.4 Å². The van der Waals surface area contributed by atoms with E-state index < -0.39 is 11.8 Å². The number of hydrogen-bond donors (Lipinski definition) is 2. The van der Waals surface area contributed by atoms with Crippen LogP contribution < -0.4 is 10.1 Å². The molecule has 1 atom stereocenters. The zero-order chi connectivity index (χ0) is 21.7. The quantitative estimate of drug-likeness (QED) is 0.551. The van der Waals surface area contributed by atoms with Crippen molar-refractivity contribution in [2.75, 3.05) is 25.6 Å². The standard InChI is InChI=1S/C22H23ClFN3O3/c1-14(18-13-25-21(30-2)17-7-4-3-6-16(17)18)27(10-5-11-28)22(29)26-15-8-9-20(24)19(23)12-15/h3-4,6-9,12-14,28H,5,10-11H2,1-2H3,(H,26,29)/t14-/m1/s1. The molecule has 2 N–H and O–H groups in total. The van der Waals surface area contributed by atoms with Gasteiger partial charge in [-0.2, -0.15) is 0 Å². The summed E-state index contributed by atoms with van der Waals surface area (Å²) in [5, 5.41) is 13.7. The number of benzene rings is 2. The Balaban J connectivity index is 1.94. The minimum Gasteiger partial charge on any atom is -0.481 e. The number of aliphatic hydroxyl groups excluding tert-OH is 1. The molecule has 0 aliphatic rings. The molecule has 158 valence electrons. The van der Waals surface area contributed by atoms with Crippen LogP contribution in [0.25, 0.3) is 10.8 Å². The third-order valence-corrected chi connectivity index (χ3v) is 5.18. The fraction of sp³-hybridized carbons (Fsp3) is 0.273. The number of nitrogens with zero attached hydrogens (tertiary/aromatic N) is 2. The lowest BCUT2D eigenvalue weighted by molar-refractivity contribution is 0.182. The van der Waals surface area contributed by atoms with E-state index in [1.54, 1.807) is 18.2 Å². The van der Waals surface area contributed by atoms with E-state index in [1.165, 1.54) is 18.2 Å². The first-order valence-electron chi connectivity index (χ1n) is 9.51. The molecule has 6 nitrogen and oxygen atoms in total. The van der Waals surface area contributed by atoms with Gasteiger partial charge in [0.05, 0.1) is 18.2 Å². The van der Waals surface area contributed by atoms with Crippen LogP contribution in [0.15, 0.2) is 48.7 Å². The number of carbonyl (C=O) groups excluding carboxylic acids is 1. The van der Waals surface area contributed by atoms with Crippen LogP contribution in [0.4, 0.5) is 14.9 Å². The molecule has 0 bridgehead atoms. The van der Waals surface area contributed by atoms with Crippen LogP contribution in [-0.4, -0.2) is 41.3 Å². The summed E-state index contributed by atoms with van der Waals surface area (Å²) in [6.45, 7) is 2.16. The first-order valence-corrected chi connectivity index (χ1v) is 9.89. The lowest BCUT2D eigenvalue weighted by Gasteiger charge is -2.30. The molecule has 0 aliphatic carbocycles. The number of fused-ring (bicyclic) bond motifs is 1. The predicted molar refractivity (Wildman–Crippen MR) is 116 cm³/mol. The summed E-state index contributed by atoms with van der Waals surface area (Å²) in [6, 6.07) is 10.9. The molecule has 2 aromatic carbocycles. The Morgan fingerprint density at radius 1 is 1.30 bits per heavy atom. The van der Waals surface area contributed by atoms with Crippen LogP contribution in [0.1, 0.15) is 24.9 Å². The number of halogens is 2. The first kappa shape index (κ1) is 21.8. The monoisotopic (exact) mass is 431 g/mol. The molecule has 0 unspecified atom stereocenters. The van der Waals surface area contributed by atoms with E-state index in [4.69, 9.17) is 16.3 Å². The Kier molecular flexibility index (Phi) is 7.07. The molecule has 0 aliphatic heterocycles. The summed E-state index contributed by atoms with van der Waals surface area (Å²) in [7, 11) is 1.56. The van der Waals surface area contributed by atoms with Gasteiger partial charge in [0.1, 0.15) is 5.82 Å². The largest absolute Gasteiger partial charge is 0.481 e. The van der Waals surface area contributed by atoms with Crippen molar-refractivity contribution in [1.29, 1.82) is 0 Å². The summed E-state index contributed by atoms with van der Waals surface area (Å²) >= 11 is 5.82. The Hall–Kier alpha value is -2.90. The fourth-order valence-electron chi connectivity index (χ4n) is 3.33. The van der Waals surface area contributed by atoms with E-state index >= 15 is 0 Å². The topological polar surface area (TPSA) is 74.7 Å². The Bertz CT molecular complexity index is 1050. The van der Waals surface area contributed by atoms with Crippen molar-refractivity contribution in [3.05, 3.63) is 65.1 Å². The molecule has 1 heterocycles. The van der Waals surface area contributed by atoms with Crippen molar-refractivity contribution < 1.29 is 19.0 Å². The molecule has 3 rings (SSSR count). The van der Waals surface area contributed by atoms with Crippen molar-refractivity contribution in [1.82, 2.24) is 9.88 Å². The molecule has 2 amide bonds. The van der Waals surface area contributed by atoms with Crippen LogP contribution in [0.3, 0.4) is 0 Å². The Labute approximate surface area is 179 Å². The lowest BCUT2D eigenvalue weighted by atomic mass is 10.0. The molecular formula is C22H23ClFN3O3. The second kappa shape index (κ2) is 9.73. The third kappa shape index (κ3) is 4.63. The number of pyridine rings is 1. The first-order chi connectivity index (χ1) is 14.5. The average molecular weight is 432 g/mol. The van der Waals surface area contributed by atoms with E-state index in [9.17, 15) is 14.3 Å². The number of aromatic nitrogens is 1. The number of rotatable bonds is 7. The van der Waals surface area contributed by atoms with E-state index in [2.05, 4.69) is 10.3 Å². The van der Waals surface area contributed by atoms with Crippen molar-refractivity contribution in [3.63, 3.8) is 0 Å². The van der Waals surface area contributed by atoms with Gasteiger partial charge in [0, 0.05) is 36.0 Å². The normalized spacial score (nSPS) is 11.9. The highest BCUT2D eigenvalue weighted by molar-refractivity contribution is 6.31. The average Bonchev–Trinajstić information content (AvgIpc) is 2.75. The van der Waals surface area contributed by atoms with Crippen LogP contribution in [0.2, 0.25) is 5.02 Å². The minimum atomic E-state index is -0.559. The van der Waals surface area contributed by atoms with Crippen LogP contribution in [-0.2, 0) is 0 Å². The van der Waals surface area contributed by atoms with Crippen molar-refractivity contribution in [3.8, 4) is 5.88 Å². The summed E-state index contributed by atoms with van der Waals surface area (Å²) in [4.78, 5) is 19.0. The summed E-state index contributed by atoms with van der Waals surface area (Å²) in [5.74, 6) is -0.0511. The molecule has 8 heteroatoms. The molecule has 1 aromatic heterocycles. The van der Waals surface area contributed by atoms with E-state index in [1.807, 2.05) is 31.2 Å². The molecule has 0 radical (unpaired) electrons. The van der Waals surface area contributed by atoms with Gasteiger partial charge in [0.15, 0.2) is 0 Å². The van der Waals surface area contributed by atoms with Gasteiger partial charge in [-0.25, -0.2) is 14.2 Å². The number of nitrogens with one attached hydrogen (secondary N) is 1. The number of urea groups is 1. The summed E-state index contributed by atoms with van der Waals surface area (Å²) < 4.78 is 18.8. The number of aliphatic hydroxyl groups is 1. The highest BCUT2D eigenvalue weighted by atomic mass is 35.5. The highest BCUT2D eigenvalue weighted by Gasteiger charge is 2.24. The molecule has 0 saturated heterocycles. The maximum Gasteiger partial charge on any atom is 0.322 e. The van der Waals surface area contributed by atoms with Gasteiger partial charge in [-0.15, -0.1) is 0 Å². The van der Waals surface area contributed by atoms with E-state index in [0.717, 1.165) is 16.3 Å². The smallest absolute Gasteiger partial charge is 0.322 e. The summed E-state index contributed by atoms with van der Waals surface area (Å²) in [5.41, 5.74) is 1.22. The lowest BCUT2D eigenvalue weighted by Crippen LogP contribution is -2.38. The number of methoxy groups -OCH3 is 1. The van der Waals surface area contributed by atoms with Crippen LogP contribution >= 0.6 is 11.6 Å². The molecule has 30 heavy (non-hydrogen) atoms. The SMILES string of the molecule is COc1ncc([C@@H](C)N(CCCO)C(=O)Nc2ccc(F)c(Cl)c2)c2ccccc12. The van der Waals surface area contributed by atoms with E-state index in [-0.39, 0.29) is 17.7 Å². The van der Waals surface area contributed by atoms with Gasteiger partial charge in [0.2, 0.25) is 5.88 Å². The fourth-order valence-corrected chi connectivity index (χ4v) is 3.51. The third-order valence-electron chi connectivity index (χ3n) is 4.89. The number of hydrogen-bond acceptors (Lipinski definition) is 4. The second-order valence-corrected chi connectivity index (χ2v) is 7.18. The minimum absolute atomic E-state index is 0.0551. The molecule has 0 saturated carbocycles. The zero-order valence-electron chi connectivity index (χ0n) is 16.7. The maximum atomic E-state index is 13.4. The number of anilines is 1. The van der Waals surface area contributed by atoms with Gasteiger partial charge in [0.25, 0.3) is 0 Å².